The van der Waals surface area contributed by atoms with Crippen molar-refractivity contribution in [2.75, 3.05) is 28.2 Å². The second kappa shape index (κ2) is 8.62. The number of rotatable bonds is 0. The molecule has 16 heavy (non-hydrogen) atoms. The van der Waals surface area contributed by atoms with E-state index in [4.69, 9.17) is 0 Å². The summed E-state index contributed by atoms with van der Waals surface area (Å²) in [5.74, 6) is 0. The molecule has 0 spiro atoms. The van der Waals surface area contributed by atoms with Crippen LogP contribution in [-0.4, -0.2) is 47.2 Å². The minimum absolute atomic E-state index is 0. The van der Waals surface area contributed by atoms with Gasteiger partial charge in [-0.25, -0.2) is 0 Å². The number of hydrogen-bond acceptors (Lipinski definition) is 0. The summed E-state index contributed by atoms with van der Waals surface area (Å²) < 4.78 is 79.0. The predicted molar refractivity (Wildman–Crippen MR) is 50.3 cm³/mol. The third kappa shape index (κ3) is 8090. The summed E-state index contributed by atoms with van der Waals surface area (Å²) in [6.45, 7) is 0. The van der Waals surface area contributed by atoms with E-state index in [1.54, 1.807) is 0 Å². The molecule has 4 N–H and O–H groups in total. The molecule has 2 nitrogen and oxygen atoms in total. The van der Waals surface area contributed by atoms with Crippen molar-refractivity contribution in [1.82, 2.24) is 6.15 Å². The van der Waals surface area contributed by atoms with Crippen LogP contribution in [0.15, 0.2) is 0 Å². The predicted octanol–water partition coefficient (Wildman–Crippen LogP) is 3.30. The molecular weight excluding hydrogens is 250 g/mol. The van der Waals surface area contributed by atoms with Gasteiger partial charge in [0.05, 0.1) is 28.2 Å². The molecule has 0 aliphatic carbocycles. The minimum Gasteiger partial charge on any atom is -0.418 e. The summed E-state index contributed by atoms with van der Waals surface area (Å²) in [4.78, 5) is 0. The van der Waals surface area contributed by atoms with Gasteiger partial charge in [0.25, 0.3) is 0 Å². The van der Waals surface area contributed by atoms with Crippen LogP contribution in [0, 0.1) is 0 Å². The molecule has 0 amide bonds. The molecule has 0 fully saturated rings. The van der Waals surface area contributed by atoms with Gasteiger partial charge in [0, 0.05) is 0 Å². The molecule has 0 aromatic heterocycles. The van der Waals surface area contributed by atoms with Crippen molar-refractivity contribution in [1.29, 1.82) is 0 Å². The first-order valence-corrected chi connectivity index (χ1v) is 3.53. The Morgan fingerprint density at radius 3 is 0.562 bits per heavy atom. The van der Waals surface area contributed by atoms with Crippen molar-refractivity contribution >= 4 is 14.5 Å². The van der Waals surface area contributed by atoms with Gasteiger partial charge in [0.1, 0.15) is 0 Å². The largest absolute Gasteiger partial charge is 0.673 e. The maximum atomic E-state index is 9.75. The van der Waals surface area contributed by atoms with E-state index >= 15 is 0 Å². The Kier molecular flexibility index (Phi) is 13.3. The number of hydrogen-bond donors (Lipinski definition) is 1. The highest BCUT2D eigenvalue weighted by molar-refractivity contribution is 6.50. The van der Waals surface area contributed by atoms with E-state index in [0.717, 1.165) is 4.48 Å². The maximum absolute atomic E-state index is 9.75. The fourth-order valence-electron chi connectivity index (χ4n) is 0. The fraction of sp³-hybridized carbons (Fsp3) is 1.00. The lowest BCUT2D eigenvalue weighted by Crippen LogP contribution is -2.27. The standard InChI is InChI=1S/C4H12N.2BF4.H3N/c1-5(2,3)4;2*2-1(3,4)5;/h1-4H3;;;1H3/q+1;2*-1;/p+1. The van der Waals surface area contributed by atoms with Crippen LogP contribution in [0.2, 0.25) is 0 Å². The van der Waals surface area contributed by atoms with Crippen LogP contribution in [0.1, 0.15) is 0 Å². The summed E-state index contributed by atoms with van der Waals surface area (Å²) >= 11 is 0. The molecule has 0 heterocycles. The first-order chi connectivity index (χ1) is 6.00. The van der Waals surface area contributed by atoms with E-state index < -0.39 is 14.5 Å². The summed E-state index contributed by atoms with van der Waals surface area (Å²) in [7, 11) is -3.50. The average molecular weight is 266 g/mol. The first-order valence-electron chi connectivity index (χ1n) is 3.53. The lowest BCUT2D eigenvalue weighted by atomic mass is 10.3. The van der Waals surface area contributed by atoms with E-state index in [-0.39, 0.29) is 6.15 Å². The molecule has 104 valence electrons. The van der Waals surface area contributed by atoms with Gasteiger partial charge in [-0.3, -0.25) is 0 Å². The second-order valence-corrected chi connectivity index (χ2v) is 3.67. The third-order valence-corrected chi connectivity index (χ3v) is 0. The van der Waals surface area contributed by atoms with E-state index in [2.05, 4.69) is 28.2 Å². The average Bonchev–Trinajstić information content (AvgIpc) is 1.41. The van der Waals surface area contributed by atoms with Gasteiger partial charge in [-0.05, 0) is 0 Å². The second-order valence-electron chi connectivity index (χ2n) is 3.67. The molecule has 0 atom stereocenters. The lowest BCUT2D eigenvalue weighted by Gasteiger charge is -2.14. The molecule has 12 heteroatoms. The van der Waals surface area contributed by atoms with E-state index in [1.807, 2.05) is 0 Å². The third-order valence-electron chi connectivity index (χ3n) is 0. The van der Waals surface area contributed by atoms with Gasteiger partial charge in [0.15, 0.2) is 0 Å². The Balaban J connectivity index is -0.0000000655. The van der Waals surface area contributed by atoms with Crippen LogP contribution in [0.3, 0.4) is 0 Å². The smallest absolute Gasteiger partial charge is 0.418 e. The summed E-state index contributed by atoms with van der Waals surface area (Å²) in [5, 5.41) is 0. The Labute approximate surface area is 89.0 Å². The van der Waals surface area contributed by atoms with Crippen LogP contribution in [0.4, 0.5) is 34.5 Å². The molecule has 0 aromatic rings. The van der Waals surface area contributed by atoms with Gasteiger partial charge in [-0.15, -0.1) is 0 Å². The fourth-order valence-corrected chi connectivity index (χ4v) is 0. The number of halogens is 8. The summed E-state index contributed by atoms with van der Waals surface area (Å²) in [6, 6.07) is 0. The van der Waals surface area contributed by atoms with Crippen molar-refractivity contribution in [3.05, 3.63) is 0 Å². The Morgan fingerprint density at radius 1 is 0.562 bits per heavy atom. The zero-order valence-corrected chi connectivity index (χ0v) is 9.63. The highest BCUT2D eigenvalue weighted by Gasteiger charge is 2.21. The van der Waals surface area contributed by atoms with Crippen molar-refractivity contribution in [2.45, 2.75) is 0 Å². The summed E-state index contributed by atoms with van der Waals surface area (Å²) in [6.07, 6.45) is 0. The molecule has 0 saturated carbocycles. The number of quaternary nitrogens is 2. The molecule has 0 aliphatic rings. The monoisotopic (exact) mass is 266 g/mol. The Hall–Kier alpha value is -0.510. The molecule has 0 bridgehead atoms. The molecule has 0 unspecified atom stereocenters. The highest BCUT2D eigenvalue weighted by Crippen LogP contribution is 2.07. The van der Waals surface area contributed by atoms with Crippen LogP contribution in [0.25, 0.3) is 0 Å². The Bertz CT molecular complexity index is 103. The number of nitrogens with zero attached hydrogens (tertiary/aromatic N) is 1. The summed E-state index contributed by atoms with van der Waals surface area (Å²) in [5.41, 5.74) is 0. The van der Waals surface area contributed by atoms with Crippen molar-refractivity contribution < 1.29 is 39.0 Å². The highest BCUT2D eigenvalue weighted by atomic mass is 19.5. The van der Waals surface area contributed by atoms with E-state index in [0.29, 0.717) is 0 Å². The molecule has 0 aliphatic heterocycles. The molecule has 0 saturated heterocycles. The van der Waals surface area contributed by atoms with Crippen LogP contribution in [0.5, 0.6) is 0 Å². The van der Waals surface area contributed by atoms with Gasteiger partial charge in [0.2, 0.25) is 0 Å². The minimum atomic E-state index is -6.00. The van der Waals surface area contributed by atoms with Gasteiger partial charge >= 0.3 is 14.5 Å². The molecular formula is C4H16B2F8N2. The molecule has 0 rings (SSSR count). The van der Waals surface area contributed by atoms with Gasteiger partial charge in [-0.2, -0.15) is 0 Å². The quantitative estimate of drug-likeness (QED) is 0.396. The first kappa shape index (κ1) is 24.6. The van der Waals surface area contributed by atoms with Crippen LogP contribution < -0.4 is 6.15 Å². The zero-order chi connectivity index (χ0) is 13.5. The Morgan fingerprint density at radius 2 is 0.562 bits per heavy atom. The lowest BCUT2D eigenvalue weighted by molar-refractivity contribution is -0.849. The molecule has 0 aromatic carbocycles. The van der Waals surface area contributed by atoms with Crippen LogP contribution in [-0.2, 0) is 0 Å². The van der Waals surface area contributed by atoms with Crippen molar-refractivity contribution in [3.63, 3.8) is 0 Å². The van der Waals surface area contributed by atoms with Crippen molar-refractivity contribution in [2.24, 2.45) is 0 Å². The van der Waals surface area contributed by atoms with E-state index in [1.165, 1.54) is 0 Å². The van der Waals surface area contributed by atoms with E-state index in [9.17, 15) is 34.5 Å². The molecule has 0 radical (unpaired) electrons. The SMILES string of the molecule is C[N+](C)(C)C.F[B-](F)(F)F.F[B-](F)(F)F.[NH4+]. The maximum Gasteiger partial charge on any atom is 0.673 e. The topological polar surface area (TPSA) is 36.5 Å². The normalized spacial score (nSPS) is 11.2. The van der Waals surface area contributed by atoms with Gasteiger partial charge < -0.3 is 45.2 Å². The van der Waals surface area contributed by atoms with Gasteiger partial charge in [-0.1, -0.05) is 0 Å². The zero-order valence-electron chi connectivity index (χ0n) is 9.63. The van der Waals surface area contributed by atoms with Crippen molar-refractivity contribution in [3.8, 4) is 0 Å². The van der Waals surface area contributed by atoms with Crippen LogP contribution >= 0.6 is 0 Å².